The van der Waals surface area contributed by atoms with Crippen LogP contribution in [-0.2, 0) is 10.0 Å². The van der Waals surface area contributed by atoms with Crippen molar-refractivity contribution >= 4 is 33.2 Å². The minimum Gasteiger partial charge on any atom is -0.345 e. The molecule has 0 spiro atoms. The summed E-state index contributed by atoms with van der Waals surface area (Å²) in [5.74, 6) is -0.311. The van der Waals surface area contributed by atoms with Crippen molar-refractivity contribution in [2.75, 3.05) is 11.0 Å². The van der Waals surface area contributed by atoms with Gasteiger partial charge in [-0.2, -0.15) is 0 Å². The van der Waals surface area contributed by atoms with Crippen LogP contribution >= 0.6 is 11.6 Å². The normalized spacial score (nSPS) is 12.5. The largest absolute Gasteiger partial charge is 0.345 e. The van der Waals surface area contributed by atoms with Crippen molar-refractivity contribution in [1.29, 1.82) is 0 Å². The Morgan fingerprint density at radius 3 is 2.48 bits per heavy atom. The predicted octanol–water partition coefficient (Wildman–Crippen LogP) is 3.20. The van der Waals surface area contributed by atoms with Crippen LogP contribution in [0, 0.1) is 0 Å². The average Bonchev–Trinajstić information content (AvgIpc) is 2.46. The number of carbonyl (C=O) groups excluding carboxylic acids is 1. The molecule has 0 radical (unpaired) electrons. The van der Waals surface area contributed by atoms with Crippen LogP contribution in [0.5, 0.6) is 0 Å². The zero-order valence-electron chi connectivity index (χ0n) is 12.7. The Hall–Kier alpha value is -2.05. The highest BCUT2D eigenvalue weighted by Crippen LogP contribution is 2.22. The predicted molar refractivity (Wildman–Crippen MR) is 92.2 cm³/mol. The molecule has 2 aromatic rings. The monoisotopic (exact) mass is 352 g/mol. The molecule has 1 amide bonds. The smallest absolute Gasteiger partial charge is 0.251 e. The molecule has 2 N–H and O–H groups in total. The molecular weight excluding hydrogens is 336 g/mol. The summed E-state index contributed by atoms with van der Waals surface area (Å²) in [6, 6.07) is 13.3. The lowest BCUT2D eigenvalue weighted by molar-refractivity contribution is 0.0940. The van der Waals surface area contributed by atoms with Gasteiger partial charge in [0.2, 0.25) is 10.0 Å². The maximum atomic E-state index is 12.3. The second-order valence-electron chi connectivity index (χ2n) is 5.17. The third kappa shape index (κ3) is 4.97. The van der Waals surface area contributed by atoms with E-state index in [-0.39, 0.29) is 11.9 Å². The molecule has 2 rings (SSSR count). The number of halogens is 1. The molecule has 0 aromatic heterocycles. The van der Waals surface area contributed by atoms with Gasteiger partial charge in [0.15, 0.2) is 0 Å². The summed E-state index contributed by atoms with van der Waals surface area (Å²) in [4.78, 5) is 12.3. The summed E-state index contributed by atoms with van der Waals surface area (Å²) in [6.45, 7) is 1.83. The lowest BCUT2D eigenvalue weighted by Crippen LogP contribution is -2.27. The first-order chi connectivity index (χ1) is 10.8. The van der Waals surface area contributed by atoms with Crippen LogP contribution in [-0.4, -0.2) is 20.6 Å². The first kappa shape index (κ1) is 17.3. The highest BCUT2D eigenvalue weighted by atomic mass is 35.5. The maximum Gasteiger partial charge on any atom is 0.251 e. The van der Waals surface area contributed by atoms with Gasteiger partial charge in [-0.05, 0) is 36.8 Å². The number of anilines is 1. The van der Waals surface area contributed by atoms with Crippen molar-refractivity contribution < 1.29 is 13.2 Å². The number of sulfonamides is 1. The van der Waals surface area contributed by atoms with Crippen molar-refractivity contribution in [3.05, 3.63) is 64.7 Å². The molecule has 0 bridgehead atoms. The summed E-state index contributed by atoms with van der Waals surface area (Å²) >= 11 is 6.12. The van der Waals surface area contributed by atoms with Crippen LogP contribution < -0.4 is 10.0 Å². The molecule has 7 heteroatoms. The third-order valence-electron chi connectivity index (χ3n) is 3.15. The lowest BCUT2D eigenvalue weighted by Gasteiger charge is -2.16. The van der Waals surface area contributed by atoms with Crippen LogP contribution in [0.1, 0.15) is 28.9 Å². The first-order valence-electron chi connectivity index (χ1n) is 6.89. The Balaban J connectivity index is 2.15. The molecule has 0 aliphatic rings. The van der Waals surface area contributed by atoms with Gasteiger partial charge in [0.1, 0.15) is 0 Å². The molecule has 23 heavy (non-hydrogen) atoms. The van der Waals surface area contributed by atoms with Crippen LogP contribution in [0.2, 0.25) is 5.02 Å². The zero-order valence-corrected chi connectivity index (χ0v) is 14.3. The van der Waals surface area contributed by atoms with Gasteiger partial charge < -0.3 is 5.32 Å². The molecule has 0 saturated heterocycles. The van der Waals surface area contributed by atoms with Crippen LogP contribution in [0.4, 0.5) is 5.69 Å². The molecule has 0 heterocycles. The Kier molecular flexibility index (Phi) is 5.28. The number of hydrogen-bond donors (Lipinski definition) is 2. The molecule has 5 nitrogen and oxygen atoms in total. The minimum absolute atomic E-state index is 0.275. The number of nitrogens with one attached hydrogen (secondary N) is 2. The molecule has 1 unspecified atom stereocenters. The summed E-state index contributed by atoms with van der Waals surface area (Å²) in [6.07, 6.45) is 1.05. The van der Waals surface area contributed by atoms with E-state index in [1.807, 2.05) is 25.1 Å². The Labute approximate surface area is 140 Å². The van der Waals surface area contributed by atoms with Gasteiger partial charge in [0.05, 0.1) is 12.3 Å². The summed E-state index contributed by atoms with van der Waals surface area (Å²) < 4.78 is 24.9. The Bertz CT molecular complexity index is 822. The number of hydrogen-bond acceptors (Lipinski definition) is 3. The summed E-state index contributed by atoms with van der Waals surface area (Å²) in [7, 11) is -3.39. The molecule has 1 atom stereocenters. The van der Waals surface area contributed by atoms with Crippen molar-refractivity contribution in [2.24, 2.45) is 0 Å². The van der Waals surface area contributed by atoms with Gasteiger partial charge in [-0.3, -0.25) is 9.52 Å². The van der Waals surface area contributed by atoms with E-state index in [2.05, 4.69) is 10.0 Å². The van der Waals surface area contributed by atoms with Crippen molar-refractivity contribution in [1.82, 2.24) is 5.32 Å². The van der Waals surface area contributed by atoms with E-state index < -0.39 is 10.0 Å². The van der Waals surface area contributed by atoms with Crippen LogP contribution in [0.25, 0.3) is 0 Å². The SMILES string of the molecule is CC(NC(=O)c1cccc(NS(C)(=O)=O)c1)c1ccccc1Cl. The Morgan fingerprint density at radius 1 is 1.13 bits per heavy atom. The third-order valence-corrected chi connectivity index (χ3v) is 4.10. The number of benzene rings is 2. The molecule has 2 aromatic carbocycles. The van der Waals surface area contributed by atoms with Gasteiger partial charge in [0, 0.05) is 16.3 Å². The van der Waals surface area contributed by atoms with Crippen molar-refractivity contribution in [3.63, 3.8) is 0 Å². The second kappa shape index (κ2) is 7.02. The van der Waals surface area contributed by atoms with Gasteiger partial charge in [0.25, 0.3) is 5.91 Å². The van der Waals surface area contributed by atoms with Gasteiger partial charge >= 0.3 is 0 Å². The fraction of sp³-hybridized carbons (Fsp3) is 0.188. The lowest BCUT2D eigenvalue weighted by atomic mass is 10.1. The molecule has 122 valence electrons. The van der Waals surface area contributed by atoms with E-state index in [9.17, 15) is 13.2 Å². The minimum atomic E-state index is -3.39. The standard InChI is InChI=1S/C16H17ClN2O3S/c1-11(14-8-3-4-9-15(14)17)18-16(20)12-6-5-7-13(10-12)19-23(2,21)22/h3-11,19H,1-2H3,(H,18,20). The van der Waals surface area contributed by atoms with Gasteiger partial charge in [-0.25, -0.2) is 8.42 Å². The fourth-order valence-electron chi connectivity index (χ4n) is 2.12. The zero-order chi connectivity index (χ0) is 17.0. The van der Waals surface area contributed by atoms with E-state index in [1.54, 1.807) is 24.3 Å². The number of rotatable bonds is 5. The fourth-order valence-corrected chi connectivity index (χ4v) is 2.98. The molecule has 0 aliphatic carbocycles. The molecule has 0 fully saturated rings. The summed E-state index contributed by atoms with van der Waals surface area (Å²) in [5.41, 5.74) is 1.51. The molecule has 0 saturated carbocycles. The maximum absolute atomic E-state index is 12.3. The van der Waals surface area contributed by atoms with E-state index >= 15 is 0 Å². The summed E-state index contributed by atoms with van der Waals surface area (Å²) in [5, 5.41) is 3.42. The highest BCUT2D eigenvalue weighted by molar-refractivity contribution is 7.92. The van der Waals surface area contributed by atoms with Crippen LogP contribution in [0.15, 0.2) is 48.5 Å². The van der Waals surface area contributed by atoms with Gasteiger partial charge in [-0.15, -0.1) is 0 Å². The van der Waals surface area contributed by atoms with Crippen molar-refractivity contribution in [3.8, 4) is 0 Å². The number of carbonyl (C=O) groups is 1. The van der Waals surface area contributed by atoms with E-state index in [0.717, 1.165) is 11.8 Å². The van der Waals surface area contributed by atoms with E-state index in [1.165, 1.54) is 6.07 Å². The van der Waals surface area contributed by atoms with Crippen molar-refractivity contribution in [2.45, 2.75) is 13.0 Å². The topological polar surface area (TPSA) is 75.3 Å². The highest BCUT2D eigenvalue weighted by Gasteiger charge is 2.14. The molecular formula is C16H17ClN2O3S. The van der Waals surface area contributed by atoms with E-state index in [4.69, 9.17) is 11.6 Å². The van der Waals surface area contributed by atoms with Gasteiger partial charge in [-0.1, -0.05) is 35.9 Å². The Morgan fingerprint density at radius 2 is 1.83 bits per heavy atom. The molecule has 0 aliphatic heterocycles. The van der Waals surface area contributed by atoms with E-state index in [0.29, 0.717) is 16.3 Å². The first-order valence-corrected chi connectivity index (χ1v) is 9.16. The quantitative estimate of drug-likeness (QED) is 0.867. The average molecular weight is 353 g/mol. The second-order valence-corrected chi connectivity index (χ2v) is 7.33. The number of amides is 1. The van der Waals surface area contributed by atoms with Crippen LogP contribution in [0.3, 0.4) is 0 Å².